The molecule has 134 valence electrons. The number of hydrogen-bond acceptors (Lipinski definition) is 3. The maximum absolute atomic E-state index is 13.1. The third kappa shape index (κ3) is 2.91. The summed E-state index contributed by atoms with van der Waals surface area (Å²) in [4.78, 5) is 17.8. The summed E-state index contributed by atoms with van der Waals surface area (Å²) >= 11 is 0. The molecular weight excluding hydrogens is 348 g/mol. The lowest BCUT2D eigenvalue weighted by Gasteiger charge is -2.10. The summed E-state index contributed by atoms with van der Waals surface area (Å²) in [5, 5.41) is 6.03. The van der Waals surface area contributed by atoms with Crippen LogP contribution in [0.3, 0.4) is 0 Å². The summed E-state index contributed by atoms with van der Waals surface area (Å²) in [5.74, 6) is 0.451. The van der Waals surface area contributed by atoms with Crippen molar-refractivity contribution < 1.29 is 9.21 Å². The fourth-order valence-electron chi connectivity index (χ4n) is 3.38. The van der Waals surface area contributed by atoms with Crippen LogP contribution in [0.25, 0.3) is 33.1 Å². The van der Waals surface area contributed by atoms with Gasteiger partial charge in [0.1, 0.15) is 5.69 Å². The van der Waals surface area contributed by atoms with E-state index in [1.807, 2.05) is 72.8 Å². The average molecular weight is 364 g/mol. The summed E-state index contributed by atoms with van der Waals surface area (Å²) in [5.41, 5.74) is 2.70. The van der Waals surface area contributed by atoms with Gasteiger partial charge in [-0.3, -0.25) is 4.79 Å². The van der Waals surface area contributed by atoms with Gasteiger partial charge in [-0.2, -0.15) is 0 Å². The van der Waals surface area contributed by atoms with Crippen molar-refractivity contribution in [3.05, 3.63) is 96.8 Å². The number of para-hydroxylation sites is 1. The van der Waals surface area contributed by atoms with Crippen molar-refractivity contribution in [2.45, 2.75) is 0 Å². The molecular formula is C24H16N2O2. The first-order valence-electron chi connectivity index (χ1n) is 9.02. The van der Waals surface area contributed by atoms with Crippen molar-refractivity contribution in [2.24, 2.45) is 0 Å². The highest BCUT2D eigenvalue weighted by Gasteiger charge is 2.15. The molecule has 0 saturated heterocycles. The Bertz CT molecular complexity index is 1310. The van der Waals surface area contributed by atoms with Gasteiger partial charge in [0, 0.05) is 11.1 Å². The van der Waals surface area contributed by atoms with Crippen molar-refractivity contribution in [3.8, 4) is 11.5 Å². The fraction of sp³-hybridized carbons (Fsp3) is 0. The molecule has 4 nitrogen and oxygen atoms in total. The fourth-order valence-corrected chi connectivity index (χ4v) is 3.38. The zero-order chi connectivity index (χ0) is 18.9. The number of fused-ring (bicyclic) bond motifs is 2. The van der Waals surface area contributed by atoms with Gasteiger partial charge in [-0.05, 0) is 47.2 Å². The Hall–Kier alpha value is -3.92. The predicted molar refractivity (Wildman–Crippen MR) is 111 cm³/mol. The number of hydrogen-bond donors (Lipinski definition) is 1. The molecule has 0 aliphatic heterocycles. The highest BCUT2D eigenvalue weighted by atomic mass is 16.3. The number of carbonyl (C=O) groups excluding carboxylic acids is 1. The second kappa shape index (κ2) is 6.67. The van der Waals surface area contributed by atoms with Crippen LogP contribution in [-0.4, -0.2) is 10.9 Å². The largest absolute Gasteiger partial charge is 0.463 e. The third-order valence-electron chi connectivity index (χ3n) is 4.74. The first-order chi connectivity index (χ1) is 13.8. The highest BCUT2D eigenvalue weighted by molar-refractivity contribution is 6.13. The van der Waals surface area contributed by atoms with Crippen LogP contribution >= 0.6 is 0 Å². The Morgan fingerprint density at radius 1 is 0.821 bits per heavy atom. The van der Waals surface area contributed by atoms with Crippen LogP contribution in [-0.2, 0) is 0 Å². The lowest BCUT2D eigenvalue weighted by atomic mass is 10.1. The molecule has 0 saturated carbocycles. The van der Waals surface area contributed by atoms with E-state index in [1.165, 1.54) is 0 Å². The standard InChI is InChI=1S/C24H16N2O2/c27-24(25-18-12-11-16-6-1-2-7-17(16)14-18)20-15-22(23-10-5-13-28-23)26-21-9-4-3-8-19(20)21/h1-15H,(H,25,27). The molecule has 0 radical (unpaired) electrons. The minimum absolute atomic E-state index is 0.179. The van der Waals surface area contributed by atoms with Gasteiger partial charge >= 0.3 is 0 Å². The quantitative estimate of drug-likeness (QED) is 0.433. The van der Waals surface area contributed by atoms with E-state index in [1.54, 1.807) is 18.4 Å². The topological polar surface area (TPSA) is 55.1 Å². The van der Waals surface area contributed by atoms with E-state index in [0.29, 0.717) is 17.0 Å². The molecule has 0 aliphatic carbocycles. The van der Waals surface area contributed by atoms with E-state index >= 15 is 0 Å². The molecule has 3 aromatic carbocycles. The summed E-state index contributed by atoms with van der Waals surface area (Å²) in [6, 6.07) is 27.0. The molecule has 0 spiro atoms. The molecule has 0 aliphatic rings. The molecule has 1 N–H and O–H groups in total. The number of pyridine rings is 1. The molecule has 28 heavy (non-hydrogen) atoms. The molecule has 2 aromatic heterocycles. The van der Waals surface area contributed by atoms with Gasteiger partial charge in [0.05, 0.1) is 17.3 Å². The van der Waals surface area contributed by atoms with Gasteiger partial charge in [-0.25, -0.2) is 4.98 Å². The number of carbonyl (C=O) groups is 1. The molecule has 0 fully saturated rings. The molecule has 5 aromatic rings. The summed E-state index contributed by atoms with van der Waals surface area (Å²) in [6.07, 6.45) is 1.60. The van der Waals surface area contributed by atoms with E-state index in [4.69, 9.17) is 4.42 Å². The number of rotatable bonds is 3. The number of nitrogens with one attached hydrogen (secondary N) is 1. The Balaban J connectivity index is 1.57. The van der Waals surface area contributed by atoms with Gasteiger partial charge in [0.25, 0.3) is 5.91 Å². The van der Waals surface area contributed by atoms with Crippen LogP contribution in [0.1, 0.15) is 10.4 Å². The van der Waals surface area contributed by atoms with Crippen LogP contribution in [0.5, 0.6) is 0 Å². The number of aromatic nitrogens is 1. The molecule has 0 bridgehead atoms. The van der Waals surface area contributed by atoms with E-state index < -0.39 is 0 Å². The van der Waals surface area contributed by atoms with Crippen LogP contribution in [0.2, 0.25) is 0 Å². The smallest absolute Gasteiger partial charge is 0.256 e. The van der Waals surface area contributed by atoms with E-state index in [9.17, 15) is 4.79 Å². The number of anilines is 1. The SMILES string of the molecule is O=C(Nc1ccc2ccccc2c1)c1cc(-c2ccco2)nc2ccccc12. The molecule has 0 unspecified atom stereocenters. The number of benzene rings is 3. The Kier molecular flexibility index (Phi) is 3.87. The molecule has 2 heterocycles. The second-order valence-corrected chi connectivity index (χ2v) is 6.57. The second-order valence-electron chi connectivity index (χ2n) is 6.57. The average Bonchev–Trinajstić information content (AvgIpc) is 3.28. The van der Waals surface area contributed by atoms with Crippen molar-refractivity contribution in [2.75, 3.05) is 5.32 Å². The monoisotopic (exact) mass is 364 g/mol. The first kappa shape index (κ1) is 16.3. The number of amides is 1. The van der Waals surface area contributed by atoms with E-state index in [2.05, 4.69) is 10.3 Å². The number of furan rings is 1. The molecule has 1 amide bonds. The predicted octanol–water partition coefficient (Wildman–Crippen LogP) is 5.90. The number of nitrogens with zero attached hydrogens (tertiary/aromatic N) is 1. The summed E-state index contributed by atoms with van der Waals surface area (Å²) in [6.45, 7) is 0. The molecule has 5 rings (SSSR count). The van der Waals surface area contributed by atoms with Gasteiger partial charge in [-0.1, -0.05) is 48.5 Å². The van der Waals surface area contributed by atoms with Gasteiger partial charge in [0.2, 0.25) is 0 Å². The summed E-state index contributed by atoms with van der Waals surface area (Å²) < 4.78 is 5.48. The van der Waals surface area contributed by atoms with Crippen LogP contribution in [0.15, 0.2) is 95.6 Å². The van der Waals surface area contributed by atoms with Gasteiger partial charge < -0.3 is 9.73 Å². The zero-order valence-corrected chi connectivity index (χ0v) is 14.9. The first-order valence-corrected chi connectivity index (χ1v) is 9.02. The maximum atomic E-state index is 13.1. The Labute approximate surface area is 161 Å². The van der Waals surface area contributed by atoms with E-state index in [-0.39, 0.29) is 5.91 Å². The highest BCUT2D eigenvalue weighted by Crippen LogP contribution is 2.26. The molecule has 0 atom stereocenters. The normalized spacial score (nSPS) is 11.0. The minimum Gasteiger partial charge on any atom is -0.463 e. The lowest BCUT2D eigenvalue weighted by Crippen LogP contribution is -2.13. The Morgan fingerprint density at radius 2 is 1.64 bits per heavy atom. The van der Waals surface area contributed by atoms with E-state index in [0.717, 1.165) is 27.4 Å². The van der Waals surface area contributed by atoms with Crippen molar-refractivity contribution >= 4 is 33.3 Å². The van der Waals surface area contributed by atoms with Crippen LogP contribution in [0, 0.1) is 0 Å². The third-order valence-corrected chi connectivity index (χ3v) is 4.74. The summed E-state index contributed by atoms with van der Waals surface area (Å²) in [7, 11) is 0. The van der Waals surface area contributed by atoms with Gasteiger partial charge in [0.15, 0.2) is 5.76 Å². The Morgan fingerprint density at radius 3 is 2.50 bits per heavy atom. The van der Waals surface area contributed by atoms with Crippen LogP contribution in [0.4, 0.5) is 5.69 Å². The zero-order valence-electron chi connectivity index (χ0n) is 14.9. The molecule has 4 heteroatoms. The lowest BCUT2D eigenvalue weighted by molar-refractivity contribution is 0.102. The van der Waals surface area contributed by atoms with Crippen LogP contribution < -0.4 is 5.32 Å². The van der Waals surface area contributed by atoms with Gasteiger partial charge in [-0.15, -0.1) is 0 Å². The van der Waals surface area contributed by atoms with Crippen molar-refractivity contribution in [3.63, 3.8) is 0 Å². The maximum Gasteiger partial charge on any atom is 0.256 e. The van der Waals surface area contributed by atoms with Crippen molar-refractivity contribution in [1.82, 2.24) is 4.98 Å². The minimum atomic E-state index is -0.179. The van der Waals surface area contributed by atoms with Crippen molar-refractivity contribution in [1.29, 1.82) is 0 Å².